The van der Waals surface area contributed by atoms with E-state index in [0.717, 1.165) is 0 Å². The van der Waals surface area contributed by atoms with Crippen molar-refractivity contribution in [2.24, 2.45) is 5.92 Å². The Kier molecular flexibility index (Phi) is 5.94. The summed E-state index contributed by atoms with van der Waals surface area (Å²) in [6, 6.07) is 0. The van der Waals surface area contributed by atoms with Crippen molar-refractivity contribution in [3.63, 3.8) is 0 Å². The zero-order chi connectivity index (χ0) is 13.0. The van der Waals surface area contributed by atoms with E-state index in [1.165, 1.54) is 0 Å². The summed E-state index contributed by atoms with van der Waals surface area (Å²) in [6.07, 6.45) is 2.07. The third-order valence-electron chi connectivity index (χ3n) is 3.58. The molecule has 0 amide bonds. The van der Waals surface area contributed by atoms with Crippen molar-refractivity contribution >= 4 is 8.32 Å². The molecular weight excluding hydrogens is 216 g/mol. The lowest BCUT2D eigenvalue weighted by molar-refractivity contribution is 0.0825. The molecule has 0 saturated carbocycles. The monoisotopic (exact) mass is 244 g/mol. The van der Waals surface area contributed by atoms with Crippen LogP contribution in [0.15, 0.2) is 12.7 Å². The smallest absolute Gasteiger partial charge is 0.191 e. The highest BCUT2D eigenvalue weighted by atomic mass is 28.4. The molecule has 0 aromatic carbocycles. The second-order valence-electron chi connectivity index (χ2n) is 6.14. The minimum atomic E-state index is -1.67. The maximum atomic E-state index is 9.78. The molecule has 2 atom stereocenters. The molecule has 0 aliphatic rings. The van der Waals surface area contributed by atoms with E-state index in [0.29, 0.717) is 13.0 Å². The van der Waals surface area contributed by atoms with Gasteiger partial charge in [-0.25, -0.2) is 0 Å². The quantitative estimate of drug-likeness (QED) is 0.571. The lowest BCUT2D eigenvalue weighted by Gasteiger charge is -2.37. The van der Waals surface area contributed by atoms with Crippen molar-refractivity contribution in [2.75, 3.05) is 6.61 Å². The van der Waals surface area contributed by atoms with Gasteiger partial charge in [0.1, 0.15) is 0 Å². The standard InChI is InChI=1S/C13H28O2Si/c1-8-9-12(14)11(2)10-15-16(6,7)13(3,4)5/h8,11-12,14H,1,9-10H2,2-7H3/t11-,12+/m1/s1. The van der Waals surface area contributed by atoms with E-state index in [9.17, 15) is 5.11 Å². The Balaban J connectivity index is 4.19. The van der Waals surface area contributed by atoms with Crippen LogP contribution in [0.25, 0.3) is 0 Å². The minimum absolute atomic E-state index is 0.173. The zero-order valence-electron chi connectivity index (χ0n) is 11.7. The molecule has 0 aliphatic heterocycles. The van der Waals surface area contributed by atoms with Crippen molar-refractivity contribution in [1.82, 2.24) is 0 Å². The number of aliphatic hydroxyl groups excluding tert-OH is 1. The van der Waals surface area contributed by atoms with Gasteiger partial charge in [-0.05, 0) is 24.6 Å². The SMILES string of the molecule is C=CC[C@H](O)[C@H](C)CO[Si](C)(C)C(C)(C)C. The van der Waals surface area contributed by atoms with Crippen LogP contribution in [0.2, 0.25) is 18.1 Å². The van der Waals surface area contributed by atoms with Crippen LogP contribution in [-0.2, 0) is 4.43 Å². The molecule has 0 spiro atoms. The van der Waals surface area contributed by atoms with E-state index in [1.54, 1.807) is 6.08 Å². The van der Waals surface area contributed by atoms with E-state index >= 15 is 0 Å². The van der Waals surface area contributed by atoms with Crippen LogP contribution in [0.3, 0.4) is 0 Å². The topological polar surface area (TPSA) is 29.5 Å². The van der Waals surface area contributed by atoms with Crippen molar-refractivity contribution in [3.8, 4) is 0 Å². The summed E-state index contributed by atoms with van der Waals surface area (Å²) in [4.78, 5) is 0. The molecule has 2 nitrogen and oxygen atoms in total. The second-order valence-corrected chi connectivity index (χ2v) is 10.9. The summed E-state index contributed by atoms with van der Waals surface area (Å²) < 4.78 is 6.07. The summed E-state index contributed by atoms with van der Waals surface area (Å²) in [7, 11) is -1.67. The highest BCUT2D eigenvalue weighted by Gasteiger charge is 2.37. The second kappa shape index (κ2) is 5.99. The molecule has 0 unspecified atom stereocenters. The van der Waals surface area contributed by atoms with Crippen LogP contribution < -0.4 is 0 Å². The van der Waals surface area contributed by atoms with Gasteiger partial charge in [0.15, 0.2) is 8.32 Å². The van der Waals surface area contributed by atoms with Crippen molar-refractivity contribution < 1.29 is 9.53 Å². The third kappa shape index (κ3) is 4.81. The van der Waals surface area contributed by atoms with Gasteiger partial charge in [0, 0.05) is 12.5 Å². The summed E-state index contributed by atoms with van der Waals surface area (Å²) in [5.74, 6) is 0.173. The summed E-state index contributed by atoms with van der Waals surface area (Å²) in [5.41, 5.74) is 0. The third-order valence-corrected chi connectivity index (χ3v) is 8.08. The average Bonchev–Trinajstić information content (AvgIpc) is 2.12. The Morgan fingerprint density at radius 2 is 1.88 bits per heavy atom. The molecule has 0 aliphatic carbocycles. The van der Waals surface area contributed by atoms with Gasteiger partial charge in [0.25, 0.3) is 0 Å². The van der Waals surface area contributed by atoms with Gasteiger partial charge < -0.3 is 9.53 Å². The van der Waals surface area contributed by atoms with Crippen LogP contribution in [0.4, 0.5) is 0 Å². The van der Waals surface area contributed by atoms with E-state index in [2.05, 4.69) is 40.4 Å². The van der Waals surface area contributed by atoms with Crippen LogP contribution in [0.1, 0.15) is 34.1 Å². The van der Waals surface area contributed by atoms with Gasteiger partial charge in [0.2, 0.25) is 0 Å². The first kappa shape index (κ1) is 15.9. The summed E-state index contributed by atoms with van der Waals surface area (Å²) in [6.45, 7) is 17.5. The molecule has 0 aromatic heterocycles. The van der Waals surface area contributed by atoms with Gasteiger partial charge in [-0.1, -0.05) is 33.8 Å². The van der Waals surface area contributed by atoms with Crippen molar-refractivity contribution in [3.05, 3.63) is 12.7 Å². The first-order valence-corrected chi connectivity index (χ1v) is 8.95. The fourth-order valence-corrected chi connectivity index (χ4v) is 2.18. The molecule has 16 heavy (non-hydrogen) atoms. The molecular formula is C13H28O2Si. The van der Waals surface area contributed by atoms with Gasteiger partial charge in [-0.15, -0.1) is 6.58 Å². The lowest BCUT2D eigenvalue weighted by Crippen LogP contribution is -2.42. The first-order valence-electron chi connectivity index (χ1n) is 6.04. The van der Waals surface area contributed by atoms with Crippen molar-refractivity contribution in [1.29, 1.82) is 0 Å². The van der Waals surface area contributed by atoms with Gasteiger partial charge in [-0.3, -0.25) is 0 Å². The Morgan fingerprint density at radius 3 is 2.25 bits per heavy atom. The number of hydrogen-bond acceptors (Lipinski definition) is 2. The maximum absolute atomic E-state index is 9.78. The van der Waals surface area contributed by atoms with Gasteiger partial charge in [0.05, 0.1) is 6.10 Å². The highest BCUT2D eigenvalue weighted by molar-refractivity contribution is 6.74. The number of hydrogen-bond donors (Lipinski definition) is 1. The van der Waals surface area contributed by atoms with Crippen LogP contribution in [0.5, 0.6) is 0 Å². The highest BCUT2D eigenvalue weighted by Crippen LogP contribution is 2.36. The van der Waals surface area contributed by atoms with E-state index in [1.807, 2.05) is 6.92 Å². The zero-order valence-corrected chi connectivity index (χ0v) is 12.7. The van der Waals surface area contributed by atoms with E-state index in [-0.39, 0.29) is 17.1 Å². The fourth-order valence-electron chi connectivity index (χ4n) is 1.07. The minimum Gasteiger partial charge on any atom is -0.416 e. The molecule has 96 valence electrons. The Hall–Kier alpha value is -0.123. The number of rotatable bonds is 6. The molecule has 0 aromatic rings. The predicted molar refractivity (Wildman–Crippen MR) is 73.1 cm³/mol. The van der Waals surface area contributed by atoms with E-state index in [4.69, 9.17) is 4.43 Å². The normalized spacial score (nSPS) is 16.9. The largest absolute Gasteiger partial charge is 0.416 e. The molecule has 0 heterocycles. The molecule has 0 rings (SSSR count). The van der Waals surface area contributed by atoms with E-state index < -0.39 is 8.32 Å². The number of aliphatic hydroxyl groups is 1. The Labute approximate surface area is 102 Å². The molecule has 0 saturated heterocycles. The fraction of sp³-hybridized carbons (Fsp3) is 0.846. The van der Waals surface area contributed by atoms with Gasteiger partial charge >= 0.3 is 0 Å². The molecule has 3 heteroatoms. The molecule has 0 bridgehead atoms. The lowest BCUT2D eigenvalue weighted by atomic mass is 10.0. The average molecular weight is 244 g/mol. The molecule has 0 fully saturated rings. The van der Waals surface area contributed by atoms with Gasteiger partial charge in [-0.2, -0.15) is 0 Å². The predicted octanol–water partition coefficient (Wildman–Crippen LogP) is 3.58. The Morgan fingerprint density at radius 1 is 1.38 bits per heavy atom. The Bertz CT molecular complexity index is 218. The molecule has 0 radical (unpaired) electrons. The van der Waals surface area contributed by atoms with Crippen molar-refractivity contribution in [2.45, 2.75) is 58.4 Å². The van der Waals surface area contributed by atoms with Crippen LogP contribution in [0, 0.1) is 5.92 Å². The van der Waals surface area contributed by atoms with Crippen LogP contribution >= 0.6 is 0 Å². The summed E-state index contributed by atoms with van der Waals surface area (Å²) >= 11 is 0. The summed E-state index contributed by atoms with van der Waals surface area (Å²) in [5, 5.41) is 10.0. The van der Waals surface area contributed by atoms with Crippen LogP contribution in [-0.4, -0.2) is 26.1 Å². The molecule has 1 N–H and O–H groups in total. The first-order chi connectivity index (χ1) is 7.12. The maximum Gasteiger partial charge on any atom is 0.191 e.